The smallest absolute Gasteiger partial charge is 0.548 e. The van der Waals surface area contributed by atoms with E-state index in [0.717, 1.165) is 21.0 Å². The maximum Gasteiger partial charge on any atom is 1.00 e. The van der Waals surface area contributed by atoms with Crippen LogP contribution in [0.15, 0.2) is 64.0 Å². The summed E-state index contributed by atoms with van der Waals surface area (Å²) in [6, 6.07) is 14.8. The maximum absolute atomic E-state index is 12.9. The molecular formula is C21H19N2NaO5S. The van der Waals surface area contributed by atoms with Gasteiger partial charge in [-0.25, -0.2) is 8.42 Å². The molecule has 0 saturated carbocycles. The van der Waals surface area contributed by atoms with Crippen LogP contribution in [0.25, 0.3) is 22.4 Å². The van der Waals surface area contributed by atoms with Crippen molar-refractivity contribution in [1.82, 2.24) is 9.46 Å². The van der Waals surface area contributed by atoms with Crippen LogP contribution in [0.5, 0.6) is 0 Å². The summed E-state index contributed by atoms with van der Waals surface area (Å²) in [5, 5.41) is 15.4. The van der Waals surface area contributed by atoms with E-state index in [9.17, 15) is 18.3 Å². The second-order valence-corrected chi connectivity index (χ2v) is 8.84. The molecule has 1 aromatic heterocycles. The molecule has 0 N–H and O–H groups in total. The van der Waals surface area contributed by atoms with Gasteiger partial charge in [0.05, 0.1) is 22.5 Å². The van der Waals surface area contributed by atoms with Crippen LogP contribution in [0, 0.1) is 6.92 Å². The minimum absolute atomic E-state index is 0. The average Bonchev–Trinajstić information content (AvgIpc) is 3.36. The number of aliphatic carboxylic acids is 1. The maximum atomic E-state index is 12.9. The monoisotopic (exact) mass is 434 g/mol. The third kappa shape index (κ3) is 4.10. The Morgan fingerprint density at radius 3 is 2.40 bits per heavy atom. The second kappa shape index (κ2) is 9.03. The van der Waals surface area contributed by atoms with Gasteiger partial charge in [-0.15, -0.1) is 0 Å². The van der Waals surface area contributed by atoms with E-state index in [1.807, 2.05) is 30.3 Å². The minimum atomic E-state index is -3.92. The molecule has 30 heavy (non-hydrogen) atoms. The van der Waals surface area contributed by atoms with Crippen molar-refractivity contribution in [2.45, 2.75) is 30.7 Å². The van der Waals surface area contributed by atoms with E-state index in [0.29, 0.717) is 17.9 Å². The molecule has 1 aliphatic rings. The van der Waals surface area contributed by atoms with Crippen LogP contribution in [0.4, 0.5) is 0 Å². The standard InChI is InChI=1S/C21H20N2O5S.Na/c1-14-19(20(22-28-14)16-6-3-2-4-7-16)15-9-11-17(12-10-15)29(26,27)23-13-5-8-18(23)21(24)25;/h2-4,6-7,9-12,18H,5,8,13H2,1H3,(H,24,25);/q;+1/p-1/t18-;/m0./s1. The molecule has 4 rings (SSSR count). The number of sulfonamides is 1. The normalized spacial score (nSPS) is 16.9. The van der Waals surface area contributed by atoms with E-state index in [4.69, 9.17) is 4.52 Å². The molecule has 0 unspecified atom stereocenters. The number of carbonyl (C=O) groups excluding carboxylic acids is 1. The zero-order valence-corrected chi connectivity index (χ0v) is 19.6. The second-order valence-electron chi connectivity index (χ2n) is 6.95. The molecule has 0 aliphatic carbocycles. The van der Waals surface area contributed by atoms with E-state index in [-0.39, 0.29) is 47.4 Å². The molecule has 1 saturated heterocycles. The number of hydrogen-bond donors (Lipinski definition) is 0. The van der Waals surface area contributed by atoms with Gasteiger partial charge in [0, 0.05) is 12.1 Å². The Morgan fingerprint density at radius 2 is 1.77 bits per heavy atom. The predicted octanol–water partition coefficient (Wildman–Crippen LogP) is -0.776. The Morgan fingerprint density at radius 1 is 1.10 bits per heavy atom. The van der Waals surface area contributed by atoms with Crippen LogP contribution in [0.2, 0.25) is 0 Å². The number of nitrogens with zero attached hydrogens (tertiary/aromatic N) is 2. The van der Waals surface area contributed by atoms with Gasteiger partial charge in [0.15, 0.2) is 0 Å². The van der Waals surface area contributed by atoms with Crippen molar-refractivity contribution in [3.63, 3.8) is 0 Å². The third-order valence-corrected chi connectivity index (χ3v) is 7.06. The molecule has 0 bridgehead atoms. The fourth-order valence-electron chi connectivity index (χ4n) is 3.70. The SMILES string of the molecule is Cc1onc(-c2ccccc2)c1-c1ccc(S(=O)(=O)N2CCC[C@H]2C(=O)[O-])cc1.[Na+]. The number of carboxylic acids is 1. The number of benzene rings is 2. The molecule has 0 amide bonds. The fourth-order valence-corrected chi connectivity index (χ4v) is 5.34. The summed E-state index contributed by atoms with van der Waals surface area (Å²) >= 11 is 0. The van der Waals surface area contributed by atoms with Gasteiger partial charge in [-0.1, -0.05) is 47.6 Å². The van der Waals surface area contributed by atoms with E-state index in [2.05, 4.69) is 5.16 Å². The first-order valence-corrected chi connectivity index (χ1v) is 10.7. The Balaban J connectivity index is 0.00000256. The molecule has 2 heterocycles. The molecule has 1 atom stereocenters. The van der Waals surface area contributed by atoms with Gasteiger partial charge >= 0.3 is 29.6 Å². The summed E-state index contributed by atoms with van der Waals surface area (Å²) in [4.78, 5) is 11.3. The Labute approximate surface area is 197 Å². The third-order valence-electron chi connectivity index (χ3n) is 5.14. The van der Waals surface area contributed by atoms with E-state index in [1.54, 1.807) is 19.1 Å². The van der Waals surface area contributed by atoms with E-state index < -0.39 is 22.0 Å². The topological polar surface area (TPSA) is 104 Å². The Bertz CT molecular complexity index is 1140. The van der Waals surface area contributed by atoms with Crippen LogP contribution >= 0.6 is 0 Å². The number of rotatable bonds is 5. The Hall–Kier alpha value is -1.97. The molecule has 3 aromatic rings. The van der Waals surface area contributed by atoms with E-state index >= 15 is 0 Å². The van der Waals surface area contributed by atoms with Gasteiger partial charge in [-0.3, -0.25) is 0 Å². The minimum Gasteiger partial charge on any atom is -0.548 e. The predicted molar refractivity (Wildman–Crippen MR) is 104 cm³/mol. The van der Waals surface area contributed by atoms with Crippen LogP contribution in [0.3, 0.4) is 0 Å². The van der Waals surface area contributed by atoms with Crippen LogP contribution in [0.1, 0.15) is 18.6 Å². The number of aryl methyl sites for hydroxylation is 1. The molecule has 150 valence electrons. The fraction of sp³-hybridized carbons (Fsp3) is 0.238. The van der Waals surface area contributed by atoms with Gasteiger partial charge in [-0.2, -0.15) is 4.31 Å². The van der Waals surface area contributed by atoms with Gasteiger partial charge in [0.2, 0.25) is 10.0 Å². The molecule has 0 radical (unpaired) electrons. The van der Waals surface area contributed by atoms with Crippen molar-refractivity contribution in [2.75, 3.05) is 6.54 Å². The summed E-state index contributed by atoms with van der Waals surface area (Å²) in [7, 11) is -3.92. The molecule has 1 fully saturated rings. The quantitative estimate of drug-likeness (QED) is 0.489. The molecule has 2 aromatic carbocycles. The first-order valence-electron chi connectivity index (χ1n) is 9.24. The van der Waals surface area contributed by atoms with E-state index in [1.165, 1.54) is 12.1 Å². The molecule has 7 nitrogen and oxygen atoms in total. The first-order chi connectivity index (χ1) is 13.9. The van der Waals surface area contributed by atoms with Gasteiger partial charge in [-0.05, 0) is 37.5 Å². The van der Waals surface area contributed by atoms with Crippen molar-refractivity contribution in [3.8, 4) is 22.4 Å². The zero-order chi connectivity index (χ0) is 20.6. The summed E-state index contributed by atoms with van der Waals surface area (Å²) < 4.78 is 32.2. The van der Waals surface area contributed by atoms with Crippen molar-refractivity contribution >= 4 is 16.0 Å². The summed E-state index contributed by atoms with van der Waals surface area (Å²) in [6.07, 6.45) is 0.760. The van der Waals surface area contributed by atoms with Crippen LogP contribution in [-0.2, 0) is 14.8 Å². The number of carbonyl (C=O) groups is 1. The van der Waals surface area contributed by atoms with Gasteiger partial charge in [0.25, 0.3) is 0 Å². The van der Waals surface area contributed by atoms with Gasteiger partial charge in [0.1, 0.15) is 11.5 Å². The van der Waals surface area contributed by atoms with Crippen molar-refractivity contribution in [3.05, 3.63) is 60.4 Å². The van der Waals surface area contributed by atoms with Crippen molar-refractivity contribution < 1.29 is 52.4 Å². The number of aromatic nitrogens is 1. The Kier molecular flexibility index (Phi) is 6.84. The molecule has 9 heteroatoms. The van der Waals surface area contributed by atoms with Crippen LogP contribution in [-0.4, -0.2) is 36.4 Å². The molecule has 1 aliphatic heterocycles. The largest absolute Gasteiger partial charge is 1.00 e. The summed E-state index contributed by atoms with van der Waals surface area (Å²) in [6.45, 7) is 1.97. The van der Waals surface area contributed by atoms with Crippen molar-refractivity contribution in [1.29, 1.82) is 0 Å². The molecule has 0 spiro atoms. The van der Waals surface area contributed by atoms with Gasteiger partial charge < -0.3 is 14.4 Å². The average molecular weight is 434 g/mol. The van der Waals surface area contributed by atoms with Crippen molar-refractivity contribution in [2.24, 2.45) is 0 Å². The number of hydrogen-bond acceptors (Lipinski definition) is 6. The number of carboxylic acid groups (broad SMARTS) is 1. The zero-order valence-electron chi connectivity index (χ0n) is 16.7. The van der Waals surface area contributed by atoms with Crippen LogP contribution < -0.4 is 34.7 Å². The summed E-state index contributed by atoms with van der Waals surface area (Å²) in [5.41, 5.74) is 3.12. The summed E-state index contributed by atoms with van der Waals surface area (Å²) in [5.74, 6) is -0.744. The first kappa shape index (κ1) is 22.7. The molecular weight excluding hydrogens is 415 g/mol.